The zero-order valence-corrected chi connectivity index (χ0v) is 11.6. The van der Waals surface area contributed by atoms with Crippen LogP contribution in [-0.2, 0) is 16.0 Å². The standard InChI is InChI=1S/C14H19NO5/c1-10-12(13(16)17)8-11(20-10)9-15-4-2-14(3-5-15)18-6-7-19-14/h8H,2-7,9H2,1H3,(H,16,17). The van der Waals surface area contributed by atoms with Crippen molar-refractivity contribution in [2.24, 2.45) is 0 Å². The van der Waals surface area contributed by atoms with Gasteiger partial charge in [0.05, 0.1) is 19.8 Å². The molecule has 2 saturated heterocycles. The highest BCUT2D eigenvalue weighted by atomic mass is 16.7. The summed E-state index contributed by atoms with van der Waals surface area (Å²) in [6, 6.07) is 1.62. The van der Waals surface area contributed by atoms with Gasteiger partial charge in [-0.3, -0.25) is 4.90 Å². The molecule has 6 heteroatoms. The maximum atomic E-state index is 11.0. The molecular weight excluding hydrogens is 262 g/mol. The van der Waals surface area contributed by atoms with Crippen LogP contribution in [0.4, 0.5) is 0 Å². The summed E-state index contributed by atoms with van der Waals surface area (Å²) in [5.41, 5.74) is 0.246. The Balaban J connectivity index is 1.59. The Bertz CT molecular complexity index is 494. The number of aromatic carboxylic acids is 1. The van der Waals surface area contributed by atoms with Crippen molar-refractivity contribution >= 4 is 5.97 Å². The molecule has 3 rings (SSSR count). The van der Waals surface area contributed by atoms with Gasteiger partial charge in [-0.25, -0.2) is 4.79 Å². The Morgan fingerprint density at radius 1 is 1.35 bits per heavy atom. The number of nitrogens with zero attached hydrogens (tertiary/aromatic N) is 1. The van der Waals surface area contributed by atoms with Crippen LogP contribution >= 0.6 is 0 Å². The number of aryl methyl sites for hydroxylation is 1. The number of carboxylic acid groups (broad SMARTS) is 1. The molecule has 0 atom stereocenters. The zero-order chi connectivity index (χ0) is 14.2. The summed E-state index contributed by atoms with van der Waals surface area (Å²) in [6.45, 7) is 5.39. The maximum absolute atomic E-state index is 11.0. The molecule has 0 aromatic carbocycles. The van der Waals surface area contributed by atoms with Crippen molar-refractivity contribution in [1.29, 1.82) is 0 Å². The van der Waals surface area contributed by atoms with Crippen molar-refractivity contribution in [3.05, 3.63) is 23.2 Å². The lowest BCUT2D eigenvalue weighted by Gasteiger charge is -2.37. The van der Waals surface area contributed by atoms with Gasteiger partial charge in [0.2, 0.25) is 0 Å². The molecule has 2 aliphatic rings. The number of furan rings is 1. The minimum Gasteiger partial charge on any atom is -0.478 e. The number of rotatable bonds is 3. The monoisotopic (exact) mass is 281 g/mol. The maximum Gasteiger partial charge on any atom is 0.339 e. The van der Waals surface area contributed by atoms with Gasteiger partial charge in [0, 0.05) is 25.9 Å². The third kappa shape index (κ3) is 2.59. The van der Waals surface area contributed by atoms with Crippen LogP contribution in [0.3, 0.4) is 0 Å². The van der Waals surface area contributed by atoms with E-state index in [-0.39, 0.29) is 11.4 Å². The van der Waals surface area contributed by atoms with Crippen molar-refractivity contribution in [2.75, 3.05) is 26.3 Å². The fourth-order valence-electron chi connectivity index (χ4n) is 2.89. The molecule has 6 nitrogen and oxygen atoms in total. The Hall–Kier alpha value is -1.37. The van der Waals surface area contributed by atoms with Crippen LogP contribution in [0, 0.1) is 6.92 Å². The Morgan fingerprint density at radius 3 is 2.55 bits per heavy atom. The van der Waals surface area contributed by atoms with Crippen LogP contribution in [0.1, 0.15) is 34.7 Å². The van der Waals surface area contributed by atoms with Gasteiger partial charge in [-0.15, -0.1) is 0 Å². The largest absolute Gasteiger partial charge is 0.478 e. The summed E-state index contributed by atoms with van der Waals surface area (Å²) in [5.74, 6) is -0.155. The van der Waals surface area contributed by atoms with Gasteiger partial charge in [0.25, 0.3) is 0 Å². The van der Waals surface area contributed by atoms with E-state index in [0.29, 0.717) is 31.3 Å². The van der Waals surface area contributed by atoms with Gasteiger partial charge in [-0.1, -0.05) is 0 Å². The molecule has 2 fully saturated rings. The molecule has 0 radical (unpaired) electrons. The highest BCUT2D eigenvalue weighted by molar-refractivity contribution is 5.88. The van der Waals surface area contributed by atoms with E-state index in [1.54, 1.807) is 13.0 Å². The molecule has 20 heavy (non-hydrogen) atoms. The van der Waals surface area contributed by atoms with E-state index in [1.807, 2.05) is 0 Å². The second-order valence-corrected chi connectivity index (χ2v) is 5.37. The van der Waals surface area contributed by atoms with Gasteiger partial charge in [-0.05, 0) is 13.0 Å². The lowest BCUT2D eigenvalue weighted by atomic mass is 10.0. The second-order valence-electron chi connectivity index (χ2n) is 5.37. The summed E-state index contributed by atoms with van der Waals surface area (Å²) in [4.78, 5) is 13.2. The average molecular weight is 281 g/mol. The lowest BCUT2D eigenvalue weighted by Crippen LogP contribution is -2.44. The Morgan fingerprint density at radius 2 is 2.00 bits per heavy atom. The first-order chi connectivity index (χ1) is 9.58. The van der Waals surface area contributed by atoms with E-state index >= 15 is 0 Å². The molecule has 1 N–H and O–H groups in total. The average Bonchev–Trinajstić information content (AvgIpc) is 3.00. The quantitative estimate of drug-likeness (QED) is 0.907. The van der Waals surface area contributed by atoms with E-state index in [9.17, 15) is 4.79 Å². The molecule has 3 heterocycles. The highest BCUT2D eigenvalue weighted by Gasteiger charge is 2.39. The van der Waals surface area contributed by atoms with Crippen molar-refractivity contribution in [3.8, 4) is 0 Å². The number of likely N-dealkylation sites (tertiary alicyclic amines) is 1. The predicted octanol–water partition coefficient (Wildman–Crippen LogP) is 1.63. The van der Waals surface area contributed by atoms with Gasteiger partial charge in [-0.2, -0.15) is 0 Å². The summed E-state index contributed by atoms with van der Waals surface area (Å²) < 4.78 is 16.9. The van der Waals surface area contributed by atoms with Crippen molar-refractivity contribution < 1.29 is 23.8 Å². The fourth-order valence-corrected chi connectivity index (χ4v) is 2.89. The Kier molecular flexibility index (Phi) is 3.54. The van der Waals surface area contributed by atoms with Crippen LogP contribution in [0.15, 0.2) is 10.5 Å². The molecule has 0 unspecified atom stereocenters. The van der Waals surface area contributed by atoms with E-state index in [0.717, 1.165) is 25.9 Å². The molecule has 0 amide bonds. The molecule has 1 aromatic heterocycles. The van der Waals surface area contributed by atoms with Gasteiger partial charge in [0.1, 0.15) is 17.1 Å². The van der Waals surface area contributed by atoms with E-state index in [4.69, 9.17) is 19.0 Å². The smallest absolute Gasteiger partial charge is 0.339 e. The van der Waals surface area contributed by atoms with Gasteiger partial charge in [0.15, 0.2) is 5.79 Å². The van der Waals surface area contributed by atoms with Crippen LogP contribution in [0.25, 0.3) is 0 Å². The zero-order valence-electron chi connectivity index (χ0n) is 11.6. The Labute approximate surface area is 117 Å². The van der Waals surface area contributed by atoms with E-state index < -0.39 is 5.97 Å². The van der Waals surface area contributed by atoms with Crippen molar-refractivity contribution in [1.82, 2.24) is 4.90 Å². The normalized spacial score (nSPS) is 22.4. The number of carboxylic acids is 1. The molecule has 0 saturated carbocycles. The second kappa shape index (κ2) is 5.20. The third-order valence-corrected chi connectivity index (χ3v) is 4.01. The molecule has 1 aromatic rings. The summed E-state index contributed by atoms with van der Waals surface area (Å²) in [5, 5.41) is 9.02. The lowest BCUT2D eigenvalue weighted by molar-refractivity contribution is -0.186. The van der Waals surface area contributed by atoms with Crippen molar-refractivity contribution in [2.45, 2.75) is 32.1 Å². The number of piperidine rings is 1. The molecule has 0 bridgehead atoms. The van der Waals surface area contributed by atoms with Crippen molar-refractivity contribution in [3.63, 3.8) is 0 Å². The summed E-state index contributed by atoms with van der Waals surface area (Å²) in [6.07, 6.45) is 1.69. The van der Waals surface area contributed by atoms with Crippen LogP contribution in [0.2, 0.25) is 0 Å². The minimum absolute atomic E-state index is 0.246. The van der Waals surface area contributed by atoms with E-state index in [2.05, 4.69) is 4.90 Å². The number of hydrogen-bond donors (Lipinski definition) is 1. The molecular formula is C14H19NO5. The van der Waals surface area contributed by atoms with Crippen LogP contribution < -0.4 is 0 Å². The summed E-state index contributed by atoms with van der Waals surface area (Å²) >= 11 is 0. The molecule has 1 spiro atoms. The predicted molar refractivity (Wildman–Crippen MR) is 69.6 cm³/mol. The fraction of sp³-hybridized carbons (Fsp3) is 0.643. The SMILES string of the molecule is Cc1oc(CN2CCC3(CC2)OCCO3)cc1C(=O)O. The third-order valence-electron chi connectivity index (χ3n) is 4.01. The first-order valence-electron chi connectivity index (χ1n) is 6.91. The highest BCUT2D eigenvalue weighted by Crippen LogP contribution is 2.31. The molecule has 2 aliphatic heterocycles. The molecule has 0 aliphatic carbocycles. The first-order valence-corrected chi connectivity index (χ1v) is 6.91. The minimum atomic E-state index is -0.942. The number of hydrogen-bond acceptors (Lipinski definition) is 5. The molecule has 110 valence electrons. The number of carbonyl (C=O) groups is 1. The van der Waals surface area contributed by atoms with Crippen LogP contribution in [0.5, 0.6) is 0 Å². The van der Waals surface area contributed by atoms with Gasteiger partial charge < -0.3 is 19.0 Å². The number of ether oxygens (including phenoxy) is 2. The van der Waals surface area contributed by atoms with Crippen LogP contribution in [-0.4, -0.2) is 48.1 Å². The summed E-state index contributed by atoms with van der Waals surface area (Å²) in [7, 11) is 0. The first kappa shape index (κ1) is 13.6. The van der Waals surface area contributed by atoms with E-state index in [1.165, 1.54) is 0 Å². The topological polar surface area (TPSA) is 72.1 Å². The van der Waals surface area contributed by atoms with Gasteiger partial charge >= 0.3 is 5.97 Å².